The number of aromatic nitrogens is 3. The summed E-state index contributed by atoms with van der Waals surface area (Å²) in [4.78, 5) is 27.6. The summed E-state index contributed by atoms with van der Waals surface area (Å²) in [6.45, 7) is 4.44. The first kappa shape index (κ1) is 22.9. The van der Waals surface area contributed by atoms with Crippen LogP contribution in [0, 0.1) is 6.92 Å². The highest BCUT2D eigenvalue weighted by Gasteiger charge is 2.44. The van der Waals surface area contributed by atoms with Gasteiger partial charge in [-0.3, -0.25) is 9.78 Å². The standard InChI is InChI=1S/C26H23F3N4O2/c1-16-6-8-19(20(13-16)17-5-3-11-30-15-17)23(34)33-12-4-10-25(33,2)24-31-21-9-7-18(14-22(21)32-24)35-26(27,28)29/h3,5-9,11,13-15H,4,10,12H2,1-2H3,(H,31,32). The summed E-state index contributed by atoms with van der Waals surface area (Å²) in [5, 5.41) is 0. The molecule has 5 rings (SSSR count). The van der Waals surface area contributed by atoms with Gasteiger partial charge >= 0.3 is 6.36 Å². The number of rotatable bonds is 4. The van der Waals surface area contributed by atoms with E-state index in [9.17, 15) is 18.0 Å². The zero-order valence-corrected chi connectivity index (χ0v) is 19.2. The van der Waals surface area contributed by atoms with Gasteiger partial charge in [-0.2, -0.15) is 0 Å². The van der Waals surface area contributed by atoms with Gasteiger partial charge < -0.3 is 14.6 Å². The van der Waals surface area contributed by atoms with E-state index in [2.05, 4.69) is 19.7 Å². The molecule has 1 fully saturated rings. The Morgan fingerprint density at radius 1 is 1.17 bits per heavy atom. The van der Waals surface area contributed by atoms with E-state index in [1.807, 2.05) is 44.2 Å². The molecule has 0 radical (unpaired) electrons. The van der Waals surface area contributed by atoms with Gasteiger partial charge in [-0.25, -0.2) is 4.98 Å². The zero-order valence-electron chi connectivity index (χ0n) is 19.2. The molecule has 9 heteroatoms. The van der Waals surface area contributed by atoms with Gasteiger partial charge in [0.1, 0.15) is 11.6 Å². The van der Waals surface area contributed by atoms with Crippen LogP contribution in [0.25, 0.3) is 22.2 Å². The van der Waals surface area contributed by atoms with Gasteiger partial charge in [-0.1, -0.05) is 23.8 Å². The molecule has 2 aromatic carbocycles. The Kier molecular flexibility index (Phi) is 5.50. The molecule has 1 amide bonds. The molecule has 3 heterocycles. The monoisotopic (exact) mass is 480 g/mol. The Morgan fingerprint density at radius 2 is 2.00 bits per heavy atom. The molecule has 4 aromatic rings. The number of ether oxygens (including phenoxy) is 1. The van der Waals surface area contributed by atoms with Crippen LogP contribution in [0.2, 0.25) is 0 Å². The molecule has 2 aromatic heterocycles. The first-order valence-corrected chi connectivity index (χ1v) is 11.2. The Bertz CT molecular complexity index is 1400. The van der Waals surface area contributed by atoms with Crippen LogP contribution in [-0.2, 0) is 5.54 Å². The van der Waals surface area contributed by atoms with E-state index in [0.29, 0.717) is 35.4 Å². The molecular formula is C26H23F3N4O2. The van der Waals surface area contributed by atoms with Gasteiger partial charge in [-0.15, -0.1) is 13.2 Å². The van der Waals surface area contributed by atoms with Crippen molar-refractivity contribution in [3.05, 3.63) is 77.9 Å². The molecule has 0 spiro atoms. The Labute approximate surface area is 199 Å². The Morgan fingerprint density at radius 3 is 2.74 bits per heavy atom. The molecule has 6 nitrogen and oxygen atoms in total. The number of aryl methyl sites for hydroxylation is 1. The molecule has 1 aliphatic rings. The number of alkyl halides is 3. The maximum Gasteiger partial charge on any atom is 0.573 e. The number of amides is 1. The maximum atomic E-state index is 13.9. The van der Waals surface area contributed by atoms with Gasteiger partial charge in [-0.05, 0) is 56.5 Å². The summed E-state index contributed by atoms with van der Waals surface area (Å²) < 4.78 is 42.0. The van der Waals surface area contributed by atoms with Gasteiger partial charge in [0, 0.05) is 36.1 Å². The minimum atomic E-state index is -4.78. The predicted molar refractivity (Wildman–Crippen MR) is 125 cm³/mol. The van der Waals surface area contributed by atoms with Crippen molar-refractivity contribution in [2.75, 3.05) is 6.54 Å². The molecule has 0 saturated carbocycles. The molecule has 1 aliphatic heterocycles. The van der Waals surface area contributed by atoms with E-state index in [1.54, 1.807) is 17.3 Å². The van der Waals surface area contributed by atoms with E-state index in [4.69, 9.17) is 0 Å². The quantitative estimate of drug-likeness (QED) is 0.390. The second kappa shape index (κ2) is 8.41. The number of carbonyl (C=O) groups excluding carboxylic acids is 1. The maximum absolute atomic E-state index is 13.9. The van der Waals surface area contributed by atoms with Crippen LogP contribution >= 0.6 is 0 Å². The lowest BCUT2D eigenvalue weighted by atomic mass is 9.94. The van der Waals surface area contributed by atoms with Crippen molar-refractivity contribution < 1.29 is 22.7 Å². The number of hydrogen-bond donors (Lipinski definition) is 1. The van der Waals surface area contributed by atoms with E-state index in [0.717, 1.165) is 23.1 Å². The summed E-state index contributed by atoms with van der Waals surface area (Å²) >= 11 is 0. The van der Waals surface area contributed by atoms with E-state index >= 15 is 0 Å². The van der Waals surface area contributed by atoms with Crippen molar-refractivity contribution in [1.29, 1.82) is 0 Å². The highest BCUT2D eigenvalue weighted by Crippen LogP contribution is 2.40. The highest BCUT2D eigenvalue weighted by molar-refractivity contribution is 6.01. The number of fused-ring (bicyclic) bond motifs is 1. The van der Waals surface area contributed by atoms with E-state index in [1.165, 1.54) is 18.2 Å². The number of carbonyl (C=O) groups is 1. The Balaban J connectivity index is 1.52. The fourth-order valence-electron chi connectivity index (χ4n) is 4.73. The number of aromatic amines is 1. The molecule has 35 heavy (non-hydrogen) atoms. The SMILES string of the molecule is Cc1ccc(C(=O)N2CCCC2(C)c2nc3ccc(OC(F)(F)F)cc3[nH]2)c(-c2cccnc2)c1. The summed E-state index contributed by atoms with van der Waals surface area (Å²) in [5.41, 5.74) is 3.40. The molecule has 0 bridgehead atoms. The first-order valence-electron chi connectivity index (χ1n) is 11.2. The second-order valence-electron chi connectivity index (χ2n) is 8.94. The predicted octanol–water partition coefficient (Wildman–Crippen LogP) is 5.98. The van der Waals surface area contributed by atoms with Crippen molar-refractivity contribution in [3.63, 3.8) is 0 Å². The minimum Gasteiger partial charge on any atom is -0.406 e. The summed E-state index contributed by atoms with van der Waals surface area (Å²) in [7, 11) is 0. The lowest BCUT2D eigenvalue weighted by molar-refractivity contribution is -0.274. The topological polar surface area (TPSA) is 71.1 Å². The lowest BCUT2D eigenvalue weighted by Gasteiger charge is -2.34. The van der Waals surface area contributed by atoms with Crippen molar-refractivity contribution in [2.24, 2.45) is 0 Å². The van der Waals surface area contributed by atoms with Gasteiger partial charge in [0.05, 0.1) is 16.6 Å². The van der Waals surface area contributed by atoms with Gasteiger partial charge in [0.25, 0.3) is 5.91 Å². The summed E-state index contributed by atoms with van der Waals surface area (Å²) in [6, 6.07) is 13.4. The number of imidazole rings is 1. The lowest BCUT2D eigenvalue weighted by Crippen LogP contribution is -2.43. The zero-order chi connectivity index (χ0) is 24.8. The minimum absolute atomic E-state index is 0.134. The number of hydrogen-bond acceptors (Lipinski definition) is 4. The molecule has 180 valence electrons. The second-order valence-corrected chi connectivity index (χ2v) is 8.94. The Hall–Kier alpha value is -3.88. The van der Waals surface area contributed by atoms with Crippen LogP contribution in [0.15, 0.2) is 60.9 Å². The smallest absolute Gasteiger partial charge is 0.406 e. The fraction of sp³-hybridized carbons (Fsp3) is 0.269. The average Bonchev–Trinajstić information content (AvgIpc) is 3.42. The third-order valence-electron chi connectivity index (χ3n) is 6.46. The number of likely N-dealkylation sites (tertiary alicyclic amines) is 1. The van der Waals surface area contributed by atoms with Crippen molar-refractivity contribution in [2.45, 2.75) is 38.6 Å². The fourth-order valence-corrected chi connectivity index (χ4v) is 4.73. The highest BCUT2D eigenvalue weighted by atomic mass is 19.4. The van der Waals surface area contributed by atoms with Crippen LogP contribution in [0.5, 0.6) is 5.75 Å². The van der Waals surface area contributed by atoms with E-state index < -0.39 is 11.9 Å². The molecule has 1 unspecified atom stereocenters. The number of benzene rings is 2. The third kappa shape index (κ3) is 4.34. The van der Waals surface area contributed by atoms with Crippen LogP contribution < -0.4 is 4.74 Å². The van der Waals surface area contributed by atoms with Crippen LogP contribution in [0.1, 0.15) is 41.5 Å². The van der Waals surface area contributed by atoms with Crippen LogP contribution in [0.3, 0.4) is 0 Å². The van der Waals surface area contributed by atoms with Crippen LogP contribution in [-0.4, -0.2) is 38.7 Å². The molecular weight excluding hydrogens is 457 g/mol. The normalized spacial score (nSPS) is 18.3. The summed E-state index contributed by atoms with van der Waals surface area (Å²) in [6.07, 6.45) is 0.0746. The molecule has 1 atom stereocenters. The largest absolute Gasteiger partial charge is 0.573 e. The average molecular weight is 480 g/mol. The number of pyridine rings is 1. The van der Waals surface area contributed by atoms with Crippen LogP contribution in [0.4, 0.5) is 13.2 Å². The third-order valence-corrected chi connectivity index (χ3v) is 6.46. The molecule has 0 aliphatic carbocycles. The van der Waals surface area contributed by atoms with Crippen molar-refractivity contribution in [1.82, 2.24) is 19.9 Å². The van der Waals surface area contributed by atoms with Gasteiger partial charge in [0.2, 0.25) is 0 Å². The number of halogens is 3. The van der Waals surface area contributed by atoms with Gasteiger partial charge in [0.15, 0.2) is 0 Å². The van der Waals surface area contributed by atoms with Crippen molar-refractivity contribution >= 4 is 16.9 Å². The number of H-pyrrole nitrogens is 1. The van der Waals surface area contributed by atoms with Crippen molar-refractivity contribution in [3.8, 4) is 16.9 Å². The number of nitrogens with one attached hydrogen (secondary N) is 1. The molecule has 1 N–H and O–H groups in total. The van der Waals surface area contributed by atoms with E-state index in [-0.39, 0.29) is 11.7 Å². The number of nitrogens with zero attached hydrogens (tertiary/aromatic N) is 3. The molecule has 1 saturated heterocycles. The summed E-state index contributed by atoms with van der Waals surface area (Å²) in [5.74, 6) is 0.0634. The first-order chi connectivity index (χ1) is 16.6.